The summed E-state index contributed by atoms with van der Waals surface area (Å²) in [6.07, 6.45) is 2.09. The minimum atomic E-state index is -0.259. The maximum atomic E-state index is 3.58. The van der Waals surface area contributed by atoms with Gasteiger partial charge < -0.3 is 4.90 Å². The van der Waals surface area contributed by atoms with Gasteiger partial charge in [0.05, 0.1) is 5.41 Å². The molecule has 0 aromatic heterocycles. The van der Waals surface area contributed by atoms with Crippen molar-refractivity contribution in [1.82, 2.24) is 4.90 Å². The Balaban J connectivity index is 1.79. The van der Waals surface area contributed by atoms with E-state index in [1.165, 1.54) is 16.7 Å². The minimum absolute atomic E-state index is 0.259. The molecule has 0 aliphatic heterocycles. The first kappa shape index (κ1) is 19.9. The number of rotatable bonds is 8. The van der Waals surface area contributed by atoms with E-state index in [-0.39, 0.29) is 5.41 Å². The SMILES string of the molecule is CC#CC(CCCN(C)Cc1ccccc1)(c1ccccc1)c1ccccc1. The molecule has 0 saturated heterocycles. The van der Waals surface area contributed by atoms with Gasteiger partial charge in [0.1, 0.15) is 0 Å². The highest BCUT2D eigenvalue weighted by Gasteiger charge is 2.31. The van der Waals surface area contributed by atoms with Crippen molar-refractivity contribution in [2.24, 2.45) is 0 Å². The standard InChI is InChI=1S/C27H29N/c1-3-20-27(25-16-9-5-10-17-25,26-18-11-6-12-19-26)21-13-22-28(2)23-24-14-7-4-8-15-24/h4-12,14-19H,13,21-23H2,1-2H3. The lowest BCUT2D eigenvalue weighted by Crippen LogP contribution is -2.28. The average molecular weight is 368 g/mol. The highest BCUT2D eigenvalue weighted by Crippen LogP contribution is 2.36. The molecule has 0 aliphatic rings. The molecule has 0 spiro atoms. The van der Waals surface area contributed by atoms with Gasteiger partial charge in [0, 0.05) is 6.54 Å². The van der Waals surface area contributed by atoms with Gasteiger partial charge in [-0.3, -0.25) is 0 Å². The van der Waals surface area contributed by atoms with Crippen molar-refractivity contribution in [2.75, 3.05) is 13.6 Å². The summed E-state index contributed by atoms with van der Waals surface area (Å²) in [5.74, 6) is 6.80. The highest BCUT2D eigenvalue weighted by molar-refractivity contribution is 5.47. The molecule has 142 valence electrons. The van der Waals surface area contributed by atoms with Crippen LogP contribution in [0.1, 0.15) is 36.5 Å². The molecule has 0 atom stereocenters. The van der Waals surface area contributed by atoms with Gasteiger partial charge in [-0.2, -0.15) is 0 Å². The molecule has 0 saturated carbocycles. The van der Waals surface area contributed by atoms with Crippen molar-refractivity contribution in [2.45, 2.75) is 31.7 Å². The predicted octanol–water partition coefficient (Wildman–Crippen LogP) is 5.91. The van der Waals surface area contributed by atoms with E-state index < -0.39 is 0 Å². The largest absolute Gasteiger partial charge is 0.302 e. The summed E-state index contributed by atoms with van der Waals surface area (Å²) in [4.78, 5) is 2.40. The zero-order chi connectivity index (χ0) is 19.7. The molecule has 3 rings (SSSR count). The summed E-state index contributed by atoms with van der Waals surface area (Å²) in [6, 6.07) is 32.1. The molecular formula is C27H29N. The Bertz CT molecular complexity index is 849. The van der Waals surface area contributed by atoms with Crippen molar-refractivity contribution in [3.8, 4) is 11.8 Å². The third-order valence-corrected chi connectivity index (χ3v) is 5.26. The lowest BCUT2D eigenvalue weighted by Gasteiger charge is -2.31. The van der Waals surface area contributed by atoms with Gasteiger partial charge in [0.15, 0.2) is 0 Å². The van der Waals surface area contributed by atoms with Crippen molar-refractivity contribution in [1.29, 1.82) is 0 Å². The number of hydrogen-bond donors (Lipinski definition) is 0. The van der Waals surface area contributed by atoms with E-state index in [2.05, 4.69) is 115 Å². The van der Waals surface area contributed by atoms with Gasteiger partial charge in [-0.15, -0.1) is 5.92 Å². The van der Waals surface area contributed by atoms with Crippen LogP contribution in [0.2, 0.25) is 0 Å². The second-order valence-electron chi connectivity index (χ2n) is 7.34. The Hall–Kier alpha value is -2.82. The van der Waals surface area contributed by atoms with Crippen LogP contribution in [-0.4, -0.2) is 18.5 Å². The van der Waals surface area contributed by atoms with Crippen LogP contribution in [0.4, 0.5) is 0 Å². The second-order valence-corrected chi connectivity index (χ2v) is 7.34. The fourth-order valence-electron chi connectivity index (χ4n) is 3.91. The van der Waals surface area contributed by atoms with Gasteiger partial charge in [-0.1, -0.05) is 96.9 Å². The molecule has 0 fully saturated rings. The number of hydrogen-bond acceptors (Lipinski definition) is 1. The summed E-state index contributed by atoms with van der Waals surface area (Å²) in [5, 5.41) is 0. The maximum absolute atomic E-state index is 3.58. The van der Waals surface area contributed by atoms with E-state index in [1.807, 2.05) is 6.92 Å². The first-order chi connectivity index (χ1) is 13.7. The van der Waals surface area contributed by atoms with E-state index >= 15 is 0 Å². The molecule has 0 heterocycles. The van der Waals surface area contributed by atoms with Gasteiger partial charge in [0.2, 0.25) is 0 Å². The maximum Gasteiger partial charge on any atom is 0.0812 e. The fraction of sp³-hybridized carbons (Fsp3) is 0.259. The van der Waals surface area contributed by atoms with Crippen LogP contribution in [0.5, 0.6) is 0 Å². The van der Waals surface area contributed by atoms with E-state index in [4.69, 9.17) is 0 Å². The molecule has 0 aliphatic carbocycles. The third kappa shape index (κ3) is 4.91. The quantitative estimate of drug-likeness (QED) is 0.448. The summed E-state index contributed by atoms with van der Waals surface area (Å²) >= 11 is 0. The molecule has 0 bridgehead atoms. The normalized spacial score (nSPS) is 11.1. The Labute approximate surface area is 170 Å². The minimum Gasteiger partial charge on any atom is -0.302 e. The molecule has 28 heavy (non-hydrogen) atoms. The molecular weight excluding hydrogens is 338 g/mol. The van der Waals surface area contributed by atoms with E-state index in [9.17, 15) is 0 Å². The predicted molar refractivity (Wildman–Crippen MR) is 119 cm³/mol. The van der Waals surface area contributed by atoms with Crippen molar-refractivity contribution < 1.29 is 0 Å². The topological polar surface area (TPSA) is 3.24 Å². The molecule has 1 nitrogen and oxygen atoms in total. The smallest absolute Gasteiger partial charge is 0.0812 e. The zero-order valence-electron chi connectivity index (χ0n) is 16.9. The fourth-order valence-corrected chi connectivity index (χ4v) is 3.91. The van der Waals surface area contributed by atoms with E-state index in [0.29, 0.717) is 0 Å². The lowest BCUT2D eigenvalue weighted by molar-refractivity contribution is 0.311. The molecule has 0 radical (unpaired) electrons. The lowest BCUT2D eigenvalue weighted by atomic mass is 9.72. The average Bonchev–Trinajstić information content (AvgIpc) is 2.75. The van der Waals surface area contributed by atoms with Crippen LogP contribution < -0.4 is 0 Å². The van der Waals surface area contributed by atoms with Crippen LogP contribution in [0.3, 0.4) is 0 Å². The van der Waals surface area contributed by atoms with Crippen LogP contribution in [-0.2, 0) is 12.0 Å². The molecule has 3 aromatic rings. The highest BCUT2D eigenvalue weighted by atomic mass is 15.1. The Kier molecular flexibility index (Phi) is 7.06. The first-order valence-corrected chi connectivity index (χ1v) is 10.0. The summed E-state index contributed by atoms with van der Waals surface area (Å²) in [6.45, 7) is 3.97. The van der Waals surface area contributed by atoms with Crippen LogP contribution in [0.25, 0.3) is 0 Å². The molecule has 0 unspecified atom stereocenters. The van der Waals surface area contributed by atoms with Crippen molar-refractivity contribution in [3.05, 3.63) is 108 Å². The van der Waals surface area contributed by atoms with E-state index in [1.54, 1.807) is 0 Å². The van der Waals surface area contributed by atoms with Gasteiger partial charge >= 0.3 is 0 Å². The van der Waals surface area contributed by atoms with Gasteiger partial charge in [0.25, 0.3) is 0 Å². The number of benzene rings is 3. The number of nitrogens with zero attached hydrogens (tertiary/aromatic N) is 1. The van der Waals surface area contributed by atoms with Crippen LogP contribution in [0.15, 0.2) is 91.0 Å². The molecule has 1 heteroatoms. The second kappa shape index (κ2) is 9.93. The Morgan fingerprint density at radius 1 is 0.750 bits per heavy atom. The Morgan fingerprint density at radius 3 is 1.75 bits per heavy atom. The van der Waals surface area contributed by atoms with Gasteiger partial charge in [-0.25, -0.2) is 0 Å². The summed E-state index contributed by atoms with van der Waals surface area (Å²) < 4.78 is 0. The van der Waals surface area contributed by atoms with E-state index in [0.717, 1.165) is 25.9 Å². The molecule has 3 aromatic carbocycles. The van der Waals surface area contributed by atoms with Gasteiger partial charge in [-0.05, 0) is 50.0 Å². The summed E-state index contributed by atoms with van der Waals surface area (Å²) in [7, 11) is 2.20. The molecule has 0 N–H and O–H groups in total. The van der Waals surface area contributed by atoms with Crippen LogP contribution >= 0.6 is 0 Å². The first-order valence-electron chi connectivity index (χ1n) is 10.0. The van der Waals surface area contributed by atoms with Crippen LogP contribution in [0, 0.1) is 11.8 Å². The zero-order valence-corrected chi connectivity index (χ0v) is 16.9. The van der Waals surface area contributed by atoms with Crippen molar-refractivity contribution in [3.63, 3.8) is 0 Å². The summed E-state index contributed by atoms with van der Waals surface area (Å²) in [5.41, 5.74) is 3.66. The Morgan fingerprint density at radius 2 is 1.25 bits per heavy atom. The molecule has 0 amide bonds. The van der Waals surface area contributed by atoms with Crippen molar-refractivity contribution >= 4 is 0 Å². The third-order valence-electron chi connectivity index (χ3n) is 5.26. The monoisotopic (exact) mass is 367 g/mol.